The predicted molar refractivity (Wildman–Crippen MR) is 58.5 cm³/mol. The lowest BCUT2D eigenvalue weighted by Crippen LogP contribution is -2.31. The molecule has 0 bridgehead atoms. The second kappa shape index (κ2) is 5.06. The molecule has 78 valence electrons. The summed E-state index contributed by atoms with van der Waals surface area (Å²) in [7, 11) is 0. The first-order chi connectivity index (χ1) is 7.19. The summed E-state index contributed by atoms with van der Waals surface area (Å²) < 4.78 is 0. The molecule has 1 aromatic carbocycles. The Labute approximate surface area is 89.3 Å². The first kappa shape index (κ1) is 11.1. The van der Waals surface area contributed by atoms with Crippen molar-refractivity contribution in [2.24, 2.45) is 0 Å². The number of hydrogen-bond donors (Lipinski definition) is 1. The van der Waals surface area contributed by atoms with Gasteiger partial charge in [-0.3, -0.25) is 4.79 Å². The maximum atomic E-state index is 11.8. The van der Waals surface area contributed by atoms with Gasteiger partial charge in [-0.1, -0.05) is 12.0 Å². The average molecular weight is 203 g/mol. The number of phenolic OH excluding ortho intramolecular Hbond substituents is 1. The van der Waals surface area contributed by atoms with Gasteiger partial charge in [0.15, 0.2) is 0 Å². The Morgan fingerprint density at radius 1 is 1.60 bits per heavy atom. The number of aromatic hydroxyl groups is 1. The Bertz CT molecular complexity index is 393. The Morgan fingerprint density at radius 2 is 2.33 bits per heavy atom. The summed E-state index contributed by atoms with van der Waals surface area (Å²) in [6, 6.07) is 6.24. The van der Waals surface area contributed by atoms with Crippen molar-refractivity contribution < 1.29 is 9.90 Å². The number of terminal acetylenes is 1. The van der Waals surface area contributed by atoms with Gasteiger partial charge in [-0.05, 0) is 25.1 Å². The number of benzene rings is 1. The van der Waals surface area contributed by atoms with Crippen molar-refractivity contribution in [2.75, 3.05) is 13.1 Å². The van der Waals surface area contributed by atoms with Crippen molar-refractivity contribution in [3.05, 3.63) is 29.8 Å². The number of nitrogens with zero attached hydrogens (tertiary/aromatic N) is 1. The van der Waals surface area contributed by atoms with Crippen LogP contribution in [0, 0.1) is 12.3 Å². The normalized spacial score (nSPS) is 9.33. The Hall–Kier alpha value is -1.95. The van der Waals surface area contributed by atoms with Crippen LogP contribution in [-0.4, -0.2) is 29.0 Å². The molecule has 1 N–H and O–H groups in total. The molecule has 1 amide bonds. The summed E-state index contributed by atoms with van der Waals surface area (Å²) in [5.74, 6) is 2.35. The van der Waals surface area contributed by atoms with E-state index in [1.807, 2.05) is 6.92 Å². The monoisotopic (exact) mass is 203 g/mol. The van der Waals surface area contributed by atoms with Crippen molar-refractivity contribution >= 4 is 5.91 Å². The van der Waals surface area contributed by atoms with Gasteiger partial charge in [0, 0.05) is 12.1 Å². The Morgan fingerprint density at radius 3 is 2.87 bits per heavy atom. The SMILES string of the molecule is C#CCN(CC)C(=O)c1cccc(O)c1. The van der Waals surface area contributed by atoms with Crippen LogP contribution in [0.25, 0.3) is 0 Å². The molecule has 3 heteroatoms. The summed E-state index contributed by atoms with van der Waals surface area (Å²) in [5, 5.41) is 9.24. The molecule has 0 unspecified atom stereocenters. The first-order valence-electron chi connectivity index (χ1n) is 4.70. The summed E-state index contributed by atoms with van der Waals surface area (Å²) in [4.78, 5) is 13.4. The highest BCUT2D eigenvalue weighted by Crippen LogP contribution is 2.12. The van der Waals surface area contributed by atoms with E-state index < -0.39 is 0 Å². The molecular weight excluding hydrogens is 190 g/mol. The molecule has 1 aromatic rings. The molecule has 0 aliphatic rings. The Kier molecular flexibility index (Phi) is 3.75. The minimum atomic E-state index is -0.161. The smallest absolute Gasteiger partial charge is 0.254 e. The molecule has 15 heavy (non-hydrogen) atoms. The lowest BCUT2D eigenvalue weighted by atomic mass is 10.2. The fraction of sp³-hybridized carbons (Fsp3) is 0.250. The van der Waals surface area contributed by atoms with Gasteiger partial charge >= 0.3 is 0 Å². The van der Waals surface area contributed by atoms with Gasteiger partial charge in [0.05, 0.1) is 6.54 Å². The Balaban J connectivity index is 2.88. The van der Waals surface area contributed by atoms with E-state index in [0.29, 0.717) is 12.1 Å². The predicted octanol–water partition coefficient (Wildman–Crippen LogP) is 1.49. The molecule has 0 atom stereocenters. The lowest BCUT2D eigenvalue weighted by Gasteiger charge is -2.17. The van der Waals surface area contributed by atoms with E-state index in [0.717, 1.165) is 0 Å². The zero-order valence-electron chi connectivity index (χ0n) is 8.60. The summed E-state index contributed by atoms with van der Waals surface area (Å²) in [6.45, 7) is 2.70. The van der Waals surface area contributed by atoms with Gasteiger partial charge in [0.1, 0.15) is 5.75 Å². The highest BCUT2D eigenvalue weighted by molar-refractivity contribution is 5.94. The third-order valence-corrected chi connectivity index (χ3v) is 2.04. The molecule has 1 rings (SSSR count). The van der Waals surface area contributed by atoms with Gasteiger partial charge in [-0.15, -0.1) is 6.42 Å². The molecule has 0 heterocycles. The van der Waals surface area contributed by atoms with Crippen molar-refractivity contribution in [3.8, 4) is 18.1 Å². The topological polar surface area (TPSA) is 40.5 Å². The van der Waals surface area contributed by atoms with Crippen molar-refractivity contribution in [2.45, 2.75) is 6.92 Å². The maximum absolute atomic E-state index is 11.8. The van der Waals surface area contributed by atoms with Crippen LogP contribution in [0.3, 0.4) is 0 Å². The summed E-state index contributed by atoms with van der Waals surface area (Å²) >= 11 is 0. The third-order valence-electron chi connectivity index (χ3n) is 2.04. The second-order valence-corrected chi connectivity index (χ2v) is 3.07. The molecule has 3 nitrogen and oxygen atoms in total. The summed E-state index contributed by atoms with van der Waals surface area (Å²) in [5.41, 5.74) is 0.451. The number of phenols is 1. The van der Waals surface area contributed by atoms with Crippen LogP contribution in [0.15, 0.2) is 24.3 Å². The largest absolute Gasteiger partial charge is 0.508 e. The highest BCUT2D eigenvalue weighted by Gasteiger charge is 2.12. The molecule has 0 saturated heterocycles. The minimum absolute atomic E-state index is 0.0811. The van der Waals surface area contributed by atoms with E-state index in [1.54, 1.807) is 12.1 Å². The quantitative estimate of drug-likeness (QED) is 0.756. The van der Waals surface area contributed by atoms with Crippen LogP contribution >= 0.6 is 0 Å². The van der Waals surface area contributed by atoms with Gasteiger partial charge < -0.3 is 10.0 Å². The van der Waals surface area contributed by atoms with E-state index in [-0.39, 0.29) is 18.2 Å². The highest BCUT2D eigenvalue weighted by atomic mass is 16.3. The van der Waals surface area contributed by atoms with E-state index in [2.05, 4.69) is 5.92 Å². The fourth-order valence-electron chi connectivity index (χ4n) is 1.26. The van der Waals surface area contributed by atoms with Gasteiger partial charge in [0.25, 0.3) is 5.91 Å². The van der Waals surface area contributed by atoms with E-state index in [4.69, 9.17) is 6.42 Å². The number of carbonyl (C=O) groups is 1. The maximum Gasteiger partial charge on any atom is 0.254 e. The van der Waals surface area contributed by atoms with E-state index >= 15 is 0 Å². The molecule has 0 aliphatic carbocycles. The van der Waals surface area contributed by atoms with E-state index in [9.17, 15) is 9.90 Å². The lowest BCUT2D eigenvalue weighted by molar-refractivity contribution is 0.0784. The molecule has 0 saturated carbocycles. The number of rotatable bonds is 3. The van der Waals surface area contributed by atoms with Crippen LogP contribution in [-0.2, 0) is 0 Å². The molecule has 0 fully saturated rings. The number of carbonyl (C=O) groups excluding carboxylic acids is 1. The van der Waals surface area contributed by atoms with Gasteiger partial charge in [-0.25, -0.2) is 0 Å². The minimum Gasteiger partial charge on any atom is -0.508 e. The molecule has 0 aliphatic heterocycles. The van der Waals surface area contributed by atoms with E-state index in [1.165, 1.54) is 17.0 Å². The molecular formula is C12H13NO2. The van der Waals surface area contributed by atoms with Crippen LogP contribution < -0.4 is 0 Å². The van der Waals surface area contributed by atoms with Crippen molar-refractivity contribution in [1.82, 2.24) is 4.90 Å². The molecule has 0 radical (unpaired) electrons. The molecule has 0 spiro atoms. The first-order valence-corrected chi connectivity index (χ1v) is 4.70. The third kappa shape index (κ3) is 2.75. The van der Waals surface area contributed by atoms with Crippen molar-refractivity contribution in [1.29, 1.82) is 0 Å². The number of amides is 1. The number of hydrogen-bond acceptors (Lipinski definition) is 2. The fourth-order valence-corrected chi connectivity index (χ4v) is 1.26. The van der Waals surface area contributed by atoms with Crippen LogP contribution in [0.5, 0.6) is 5.75 Å². The zero-order chi connectivity index (χ0) is 11.3. The van der Waals surface area contributed by atoms with Crippen LogP contribution in [0.4, 0.5) is 0 Å². The van der Waals surface area contributed by atoms with Gasteiger partial charge in [0.2, 0.25) is 0 Å². The van der Waals surface area contributed by atoms with Gasteiger partial charge in [-0.2, -0.15) is 0 Å². The average Bonchev–Trinajstić information content (AvgIpc) is 2.25. The standard InChI is InChI=1S/C12H13NO2/c1-3-8-13(4-2)12(15)10-6-5-7-11(14)9-10/h1,5-7,9,14H,4,8H2,2H3. The zero-order valence-corrected chi connectivity index (χ0v) is 8.60. The van der Waals surface area contributed by atoms with Crippen LogP contribution in [0.2, 0.25) is 0 Å². The second-order valence-electron chi connectivity index (χ2n) is 3.07. The molecule has 0 aromatic heterocycles. The van der Waals surface area contributed by atoms with Crippen LogP contribution in [0.1, 0.15) is 17.3 Å². The van der Waals surface area contributed by atoms with Crippen molar-refractivity contribution in [3.63, 3.8) is 0 Å². The summed E-state index contributed by atoms with van der Waals surface area (Å²) in [6.07, 6.45) is 5.16.